The molecule has 5 nitrogen and oxygen atoms in total. The Morgan fingerprint density at radius 1 is 0.957 bits per heavy atom. The molecular formula is C18H19N3O2. The van der Waals surface area contributed by atoms with Crippen molar-refractivity contribution in [3.05, 3.63) is 53.9 Å². The lowest BCUT2D eigenvalue weighted by Crippen LogP contribution is -2.05. The van der Waals surface area contributed by atoms with Crippen molar-refractivity contribution in [2.24, 2.45) is 0 Å². The minimum absolute atomic E-state index is 0.660. The number of nitrogens with zero attached hydrogens (tertiary/aromatic N) is 2. The number of rotatable bonds is 5. The molecule has 0 spiro atoms. The molecule has 0 radical (unpaired) electrons. The van der Waals surface area contributed by atoms with Crippen LogP contribution in [0.2, 0.25) is 0 Å². The highest BCUT2D eigenvalue weighted by Gasteiger charge is 2.10. The first-order chi connectivity index (χ1) is 11.2. The Balaban J connectivity index is 1.92. The minimum atomic E-state index is 0.660. The fourth-order valence-corrected chi connectivity index (χ4v) is 2.49. The van der Waals surface area contributed by atoms with Gasteiger partial charge in [-0.1, -0.05) is 18.2 Å². The average Bonchev–Trinajstić information content (AvgIpc) is 2.59. The van der Waals surface area contributed by atoms with E-state index < -0.39 is 0 Å². The van der Waals surface area contributed by atoms with E-state index in [1.807, 2.05) is 49.4 Å². The molecule has 3 rings (SSSR count). The van der Waals surface area contributed by atoms with Gasteiger partial charge in [0.2, 0.25) is 0 Å². The zero-order chi connectivity index (χ0) is 16.2. The number of hydrogen-bond acceptors (Lipinski definition) is 5. The smallest absolute Gasteiger partial charge is 0.141 e. The second kappa shape index (κ2) is 6.52. The Hall–Kier alpha value is -2.82. The number of methoxy groups -OCH3 is 2. The molecule has 0 aliphatic heterocycles. The molecule has 5 heteroatoms. The number of ether oxygens (including phenoxy) is 2. The molecule has 2 aromatic carbocycles. The maximum atomic E-state index is 5.45. The van der Waals surface area contributed by atoms with Crippen molar-refractivity contribution >= 4 is 16.7 Å². The Morgan fingerprint density at radius 3 is 2.43 bits per heavy atom. The van der Waals surface area contributed by atoms with E-state index in [1.54, 1.807) is 14.2 Å². The molecule has 0 aliphatic rings. The summed E-state index contributed by atoms with van der Waals surface area (Å²) < 4.78 is 10.6. The van der Waals surface area contributed by atoms with Crippen molar-refractivity contribution < 1.29 is 9.47 Å². The Labute approximate surface area is 135 Å². The van der Waals surface area contributed by atoms with Gasteiger partial charge in [-0.25, -0.2) is 9.97 Å². The van der Waals surface area contributed by atoms with E-state index >= 15 is 0 Å². The van der Waals surface area contributed by atoms with E-state index in [-0.39, 0.29) is 0 Å². The summed E-state index contributed by atoms with van der Waals surface area (Å²) in [4.78, 5) is 9.01. The normalized spacial score (nSPS) is 10.6. The second-order valence-electron chi connectivity index (χ2n) is 5.18. The number of hydrogen-bond donors (Lipinski definition) is 1. The molecule has 0 bridgehead atoms. The van der Waals surface area contributed by atoms with Gasteiger partial charge in [-0.3, -0.25) is 0 Å². The van der Waals surface area contributed by atoms with Crippen molar-refractivity contribution in [1.29, 1.82) is 0 Å². The molecule has 1 N–H and O–H groups in total. The molecule has 0 aliphatic carbocycles. The summed E-state index contributed by atoms with van der Waals surface area (Å²) in [6.07, 6.45) is 0. The summed E-state index contributed by atoms with van der Waals surface area (Å²) in [6, 6.07) is 13.8. The molecule has 0 fully saturated rings. The van der Waals surface area contributed by atoms with E-state index in [0.717, 1.165) is 39.6 Å². The molecule has 3 aromatic rings. The van der Waals surface area contributed by atoms with Gasteiger partial charge in [0.05, 0.1) is 25.1 Å². The monoisotopic (exact) mass is 309 g/mol. The first kappa shape index (κ1) is 15.1. The van der Waals surface area contributed by atoms with Crippen molar-refractivity contribution in [2.75, 3.05) is 19.5 Å². The zero-order valence-electron chi connectivity index (χ0n) is 13.5. The highest BCUT2D eigenvalue weighted by Crippen LogP contribution is 2.30. The van der Waals surface area contributed by atoms with Crippen LogP contribution in [-0.4, -0.2) is 24.2 Å². The fraction of sp³-hybridized carbons (Fsp3) is 0.222. The van der Waals surface area contributed by atoms with Gasteiger partial charge in [0.25, 0.3) is 0 Å². The van der Waals surface area contributed by atoms with E-state index in [4.69, 9.17) is 9.47 Å². The van der Waals surface area contributed by atoms with Gasteiger partial charge in [0, 0.05) is 6.54 Å². The standard InChI is InChI=1S/C18H19N3O2/c1-12-20-15-5-4-6-16(23-3)17(15)18(21-12)19-11-13-7-9-14(22-2)10-8-13/h4-10H,11H2,1-3H3,(H,19,20,21). The Kier molecular flexibility index (Phi) is 4.28. The lowest BCUT2D eigenvalue weighted by atomic mass is 10.2. The lowest BCUT2D eigenvalue weighted by Gasteiger charge is -2.12. The van der Waals surface area contributed by atoms with Crippen LogP contribution in [0.1, 0.15) is 11.4 Å². The number of aryl methyl sites for hydroxylation is 1. The van der Waals surface area contributed by atoms with Crippen molar-refractivity contribution in [3.8, 4) is 11.5 Å². The average molecular weight is 309 g/mol. The Morgan fingerprint density at radius 2 is 1.74 bits per heavy atom. The predicted octanol–water partition coefficient (Wildman–Crippen LogP) is 3.57. The number of aromatic nitrogens is 2. The van der Waals surface area contributed by atoms with Gasteiger partial charge in [-0.15, -0.1) is 0 Å². The van der Waals surface area contributed by atoms with Crippen LogP contribution < -0.4 is 14.8 Å². The highest BCUT2D eigenvalue weighted by atomic mass is 16.5. The van der Waals surface area contributed by atoms with Gasteiger partial charge in [0.1, 0.15) is 23.1 Å². The second-order valence-corrected chi connectivity index (χ2v) is 5.18. The van der Waals surface area contributed by atoms with Crippen LogP contribution in [0, 0.1) is 6.92 Å². The molecular weight excluding hydrogens is 290 g/mol. The quantitative estimate of drug-likeness (QED) is 0.781. The first-order valence-electron chi connectivity index (χ1n) is 7.39. The molecule has 0 saturated heterocycles. The van der Waals surface area contributed by atoms with Gasteiger partial charge in [-0.05, 0) is 36.8 Å². The maximum absolute atomic E-state index is 5.45. The molecule has 0 saturated carbocycles. The Bertz CT molecular complexity index is 816. The molecule has 1 heterocycles. The zero-order valence-corrected chi connectivity index (χ0v) is 13.5. The van der Waals surface area contributed by atoms with Crippen molar-refractivity contribution in [3.63, 3.8) is 0 Å². The SMILES string of the molecule is COc1ccc(CNc2nc(C)nc3cccc(OC)c23)cc1. The van der Waals surface area contributed by atoms with Crippen molar-refractivity contribution in [1.82, 2.24) is 9.97 Å². The summed E-state index contributed by atoms with van der Waals surface area (Å²) in [5, 5.41) is 4.28. The lowest BCUT2D eigenvalue weighted by molar-refractivity contribution is 0.414. The number of anilines is 1. The topological polar surface area (TPSA) is 56.3 Å². The minimum Gasteiger partial charge on any atom is -0.497 e. The van der Waals surface area contributed by atoms with E-state index in [2.05, 4.69) is 15.3 Å². The molecule has 1 aromatic heterocycles. The predicted molar refractivity (Wildman–Crippen MR) is 91.1 cm³/mol. The van der Waals surface area contributed by atoms with Crippen LogP contribution in [0.3, 0.4) is 0 Å². The van der Waals surface area contributed by atoms with Crippen LogP contribution in [-0.2, 0) is 6.54 Å². The van der Waals surface area contributed by atoms with Crippen LogP contribution in [0.25, 0.3) is 10.9 Å². The molecule has 23 heavy (non-hydrogen) atoms. The number of fused-ring (bicyclic) bond motifs is 1. The largest absolute Gasteiger partial charge is 0.497 e. The van der Waals surface area contributed by atoms with E-state index in [9.17, 15) is 0 Å². The number of benzene rings is 2. The van der Waals surface area contributed by atoms with E-state index in [0.29, 0.717) is 6.54 Å². The first-order valence-corrected chi connectivity index (χ1v) is 7.39. The maximum Gasteiger partial charge on any atom is 0.141 e. The summed E-state index contributed by atoms with van der Waals surface area (Å²) >= 11 is 0. The van der Waals surface area contributed by atoms with Crippen LogP contribution >= 0.6 is 0 Å². The molecule has 118 valence electrons. The van der Waals surface area contributed by atoms with Gasteiger partial charge < -0.3 is 14.8 Å². The van der Waals surface area contributed by atoms with Crippen LogP contribution in [0.5, 0.6) is 11.5 Å². The third-order valence-corrected chi connectivity index (χ3v) is 3.64. The highest BCUT2D eigenvalue weighted by molar-refractivity contribution is 5.94. The third-order valence-electron chi connectivity index (χ3n) is 3.64. The van der Waals surface area contributed by atoms with E-state index in [1.165, 1.54) is 0 Å². The molecule has 0 amide bonds. The summed E-state index contributed by atoms with van der Waals surface area (Å²) in [7, 11) is 3.32. The summed E-state index contributed by atoms with van der Waals surface area (Å²) in [5.41, 5.74) is 2.01. The van der Waals surface area contributed by atoms with Gasteiger partial charge in [-0.2, -0.15) is 0 Å². The molecule has 0 unspecified atom stereocenters. The van der Waals surface area contributed by atoms with Crippen LogP contribution in [0.15, 0.2) is 42.5 Å². The number of nitrogens with one attached hydrogen (secondary N) is 1. The molecule has 0 atom stereocenters. The summed E-state index contributed by atoms with van der Waals surface area (Å²) in [5.74, 6) is 3.11. The van der Waals surface area contributed by atoms with Crippen molar-refractivity contribution in [2.45, 2.75) is 13.5 Å². The van der Waals surface area contributed by atoms with Gasteiger partial charge in [0.15, 0.2) is 0 Å². The summed E-state index contributed by atoms with van der Waals surface area (Å²) in [6.45, 7) is 2.55. The third kappa shape index (κ3) is 3.18. The van der Waals surface area contributed by atoms with Crippen LogP contribution in [0.4, 0.5) is 5.82 Å². The van der Waals surface area contributed by atoms with Gasteiger partial charge >= 0.3 is 0 Å². The fourth-order valence-electron chi connectivity index (χ4n) is 2.49.